The van der Waals surface area contributed by atoms with E-state index < -0.39 is 10.0 Å². The lowest BCUT2D eigenvalue weighted by Crippen LogP contribution is -2.23. The van der Waals surface area contributed by atoms with Gasteiger partial charge in [0.2, 0.25) is 10.0 Å². The first-order valence-electron chi connectivity index (χ1n) is 7.01. The molecule has 6 heteroatoms. The Bertz CT molecular complexity index is 815. The summed E-state index contributed by atoms with van der Waals surface area (Å²) in [5.74, 6) is -0.242. The number of carbonyl (C=O) groups excluding carboxylic acids is 1. The van der Waals surface area contributed by atoms with Crippen LogP contribution in [-0.2, 0) is 10.0 Å². The fourth-order valence-electron chi connectivity index (χ4n) is 1.98. The molecule has 2 rings (SSSR count). The highest BCUT2D eigenvalue weighted by atomic mass is 32.2. The van der Waals surface area contributed by atoms with Gasteiger partial charge in [-0.3, -0.25) is 4.79 Å². The second kappa shape index (κ2) is 7.21. The average molecular weight is 330 g/mol. The zero-order chi connectivity index (χ0) is 16.9. The summed E-state index contributed by atoms with van der Waals surface area (Å²) < 4.78 is 26.5. The fourth-order valence-corrected chi connectivity index (χ4v) is 3.06. The molecule has 0 aliphatic rings. The van der Waals surface area contributed by atoms with E-state index in [0.717, 1.165) is 0 Å². The van der Waals surface area contributed by atoms with Gasteiger partial charge in [0.15, 0.2) is 0 Å². The quantitative estimate of drug-likeness (QED) is 0.800. The number of benzene rings is 2. The second-order valence-corrected chi connectivity index (χ2v) is 6.70. The molecule has 0 aromatic heterocycles. The van der Waals surface area contributed by atoms with Gasteiger partial charge in [-0.05, 0) is 42.8 Å². The number of hydrogen-bond acceptors (Lipinski definition) is 3. The summed E-state index contributed by atoms with van der Waals surface area (Å²) in [7, 11) is -3.58. The molecule has 0 spiro atoms. The number of nitrogens with one attached hydrogen (secondary N) is 2. The van der Waals surface area contributed by atoms with Crippen molar-refractivity contribution in [2.45, 2.75) is 11.8 Å². The van der Waals surface area contributed by atoms with Crippen LogP contribution in [0.25, 0.3) is 0 Å². The van der Waals surface area contributed by atoms with Gasteiger partial charge in [0.1, 0.15) is 0 Å². The number of hydrogen-bond donors (Lipinski definition) is 2. The Balaban J connectivity index is 2.20. The maximum absolute atomic E-state index is 12.1. The van der Waals surface area contributed by atoms with Crippen molar-refractivity contribution in [1.82, 2.24) is 4.72 Å². The zero-order valence-corrected chi connectivity index (χ0v) is 13.6. The van der Waals surface area contributed by atoms with Gasteiger partial charge in [-0.1, -0.05) is 24.3 Å². The molecule has 0 aliphatic carbocycles. The van der Waals surface area contributed by atoms with Crippen molar-refractivity contribution in [2.75, 3.05) is 11.9 Å². The Morgan fingerprint density at radius 2 is 1.87 bits per heavy atom. The van der Waals surface area contributed by atoms with Crippen LogP contribution in [-0.4, -0.2) is 20.9 Å². The molecule has 2 aromatic carbocycles. The zero-order valence-electron chi connectivity index (χ0n) is 12.7. The van der Waals surface area contributed by atoms with Crippen molar-refractivity contribution in [3.63, 3.8) is 0 Å². The van der Waals surface area contributed by atoms with Crippen LogP contribution in [0.4, 0.5) is 5.69 Å². The van der Waals surface area contributed by atoms with E-state index in [1.165, 1.54) is 18.2 Å². The molecule has 2 aromatic rings. The molecule has 2 N–H and O–H groups in total. The van der Waals surface area contributed by atoms with Crippen LogP contribution in [0, 0.1) is 6.92 Å². The first-order chi connectivity index (χ1) is 10.9. The number of sulfonamides is 1. The van der Waals surface area contributed by atoms with E-state index in [1.807, 2.05) is 6.07 Å². The van der Waals surface area contributed by atoms with Crippen LogP contribution in [0.2, 0.25) is 0 Å². The Kier molecular flexibility index (Phi) is 5.31. The number of rotatable bonds is 6. The molecule has 0 aliphatic heterocycles. The molecule has 120 valence electrons. The van der Waals surface area contributed by atoms with E-state index in [4.69, 9.17) is 0 Å². The topological polar surface area (TPSA) is 75.3 Å². The summed E-state index contributed by atoms with van der Waals surface area (Å²) in [5, 5.41) is 2.78. The Hall–Kier alpha value is -2.44. The minimum atomic E-state index is -3.58. The van der Waals surface area contributed by atoms with Crippen LogP contribution < -0.4 is 10.0 Å². The fraction of sp³-hybridized carbons (Fsp3) is 0.118. The Morgan fingerprint density at radius 1 is 1.17 bits per heavy atom. The Morgan fingerprint density at radius 3 is 2.48 bits per heavy atom. The smallest absolute Gasteiger partial charge is 0.255 e. The van der Waals surface area contributed by atoms with E-state index >= 15 is 0 Å². The lowest BCUT2D eigenvalue weighted by Gasteiger charge is -2.11. The summed E-state index contributed by atoms with van der Waals surface area (Å²) in [6.45, 7) is 5.38. The molecule has 0 bridgehead atoms. The second-order valence-electron chi connectivity index (χ2n) is 4.94. The van der Waals surface area contributed by atoms with Gasteiger partial charge in [-0.25, -0.2) is 13.1 Å². The van der Waals surface area contributed by atoms with Crippen LogP contribution in [0.1, 0.15) is 15.9 Å². The van der Waals surface area contributed by atoms with E-state index in [0.29, 0.717) is 16.8 Å². The number of carbonyl (C=O) groups is 1. The third-order valence-corrected chi connectivity index (χ3v) is 4.63. The van der Waals surface area contributed by atoms with Crippen molar-refractivity contribution in [1.29, 1.82) is 0 Å². The minimum Gasteiger partial charge on any atom is -0.322 e. The van der Waals surface area contributed by atoms with Gasteiger partial charge < -0.3 is 5.32 Å². The highest BCUT2D eigenvalue weighted by Gasteiger charge is 2.15. The average Bonchev–Trinajstić information content (AvgIpc) is 2.55. The van der Waals surface area contributed by atoms with Gasteiger partial charge in [0.25, 0.3) is 5.91 Å². The Labute approximate surface area is 136 Å². The van der Waals surface area contributed by atoms with Crippen LogP contribution >= 0.6 is 0 Å². The van der Waals surface area contributed by atoms with E-state index in [2.05, 4.69) is 16.6 Å². The summed E-state index contributed by atoms with van der Waals surface area (Å²) in [5.41, 5.74) is 1.77. The lowest BCUT2D eigenvalue weighted by atomic mass is 10.1. The van der Waals surface area contributed by atoms with Crippen molar-refractivity contribution >= 4 is 21.6 Å². The number of aryl methyl sites for hydroxylation is 1. The van der Waals surface area contributed by atoms with Gasteiger partial charge >= 0.3 is 0 Å². The summed E-state index contributed by atoms with van der Waals surface area (Å²) >= 11 is 0. The van der Waals surface area contributed by atoms with E-state index in [1.54, 1.807) is 37.3 Å². The monoisotopic (exact) mass is 330 g/mol. The van der Waals surface area contributed by atoms with Crippen molar-refractivity contribution in [2.24, 2.45) is 0 Å². The molecule has 0 saturated carbocycles. The summed E-state index contributed by atoms with van der Waals surface area (Å²) in [4.78, 5) is 12.3. The van der Waals surface area contributed by atoms with Crippen LogP contribution in [0.5, 0.6) is 0 Å². The molecule has 23 heavy (non-hydrogen) atoms. The highest BCUT2D eigenvalue weighted by molar-refractivity contribution is 7.89. The van der Waals surface area contributed by atoms with Gasteiger partial charge in [0.05, 0.1) is 4.90 Å². The predicted molar refractivity (Wildman–Crippen MR) is 91.0 cm³/mol. The molecule has 5 nitrogen and oxygen atoms in total. The summed E-state index contributed by atoms with van der Waals surface area (Å²) in [6, 6.07) is 13.4. The third kappa shape index (κ3) is 4.28. The van der Waals surface area contributed by atoms with Gasteiger partial charge in [-0.2, -0.15) is 0 Å². The van der Waals surface area contributed by atoms with Crippen molar-refractivity contribution < 1.29 is 13.2 Å². The molecule has 0 fully saturated rings. The molecule has 0 unspecified atom stereocenters. The number of anilines is 1. The molecule has 1 amide bonds. The maximum atomic E-state index is 12.1. The largest absolute Gasteiger partial charge is 0.322 e. The molecular weight excluding hydrogens is 312 g/mol. The van der Waals surface area contributed by atoms with E-state index in [9.17, 15) is 13.2 Å². The van der Waals surface area contributed by atoms with E-state index in [-0.39, 0.29) is 17.3 Å². The highest BCUT2D eigenvalue weighted by Crippen LogP contribution is 2.20. The molecular formula is C17H18N2O3S. The first kappa shape index (κ1) is 16.9. The van der Waals surface area contributed by atoms with Gasteiger partial charge in [0, 0.05) is 17.8 Å². The molecule has 0 radical (unpaired) electrons. The summed E-state index contributed by atoms with van der Waals surface area (Å²) in [6.07, 6.45) is 1.47. The lowest BCUT2D eigenvalue weighted by molar-refractivity contribution is 0.102. The predicted octanol–water partition coefficient (Wildman–Crippen LogP) is 2.71. The molecule has 0 saturated heterocycles. The van der Waals surface area contributed by atoms with Crippen LogP contribution in [0.3, 0.4) is 0 Å². The standard InChI is InChI=1S/C17H18N2O3S/c1-3-11-18-23(21,22)15-9-10-16(13(2)12-15)19-17(20)14-7-5-4-6-8-14/h3-10,12,18H,1,11H2,2H3,(H,19,20). The number of amides is 1. The first-order valence-corrected chi connectivity index (χ1v) is 8.50. The minimum absolute atomic E-state index is 0.148. The third-order valence-electron chi connectivity index (χ3n) is 3.21. The van der Waals surface area contributed by atoms with Crippen molar-refractivity contribution in [3.8, 4) is 0 Å². The van der Waals surface area contributed by atoms with Crippen LogP contribution in [0.15, 0.2) is 66.1 Å². The van der Waals surface area contributed by atoms with Gasteiger partial charge in [-0.15, -0.1) is 6.58 Å². The molecule has 0 heterocycles. The SMILES string of the molecule is C=CCNS(=O)(=O)c1ccc(NC(=O)c2ccccc2)c(C)c1. The maximum Gasteiger partial charge on any atom is 0.255 e. The van der Waals surface area contributed by atoms with Crippen molar-refractivity contribution in [3.05, 3.63) is 72.3 Å². The molecule has 0 atom stereocenters. The normalized spacial score (nSPS) is 11.0.